The van der Waals surface area contributed by atoms with Crippen LogP contribution in [0.5, 0.6) is 11.5 Å². The number of carbonyl (C=O) groups excluding carboxylic acids is 1. The van der Waals surface area contributed by atoms with Crippen LogP contribution in [-0.2, 0) is 11.3 Å². The van der Waals surface area contributed by atoms with Gasteiger partial charge >= 0.3 is 0 Å². The zero-order chi connectivity index (χ0) is 23.7. The van der Waals surface area contributed by atoms with Gasteiger partial charge in [0.05, 0.1) is 48.1 Å². The van der Waals surface area contributed by atoms with Crippen LogP contribution in [0.15, 0.2) is 76.2 Å². The van der Waals surface area contributed by atoms with Crippen molar-refractivity contribution in [2.24, 2.45) is 5.10 Å². The summed E-state index contributed by atoms with van der Waals surface area (Å²) in [6.07, 6.45) is 1.96. The van der Waals surface area contributed by atoms with E-state index in [1.807, 2.05) is 41.8 Å². The maximum absolute atomic E-state index is 13.5. The quantitative estimate of drug-likeness (QED) is 0.424. The SMILES string of the molecule is COc1ccc([C@H]2CC(c3cccs3)=NN2C(=O)Cn2cnc3ccccc3c2=O)cc1OC. The second kappa shape index (κ2) is 9.11. The van der Waals surface area contributed by atoms with E-state index in [0.29, 0.717) is 28.8 Å². The summed E-state index contributed by atoms with van der Waals surface area (Å²) in [5, 5.41) is 8.60. The molecule has 0 spiro atoms. The second-order valence-electron chi connectivity index (χ2n) is 7.79. The fraction of sp³-hybridized carbons (Fsp3) is 0.200. The van der Waals surface area contributed by atoms with Crippen molar-refractivity contribution in [1.82, 2.24) is 14.6 Å². The lowest BCUT2D eigenvalue weighted by atomic mass is 10.0. The summed E-state index contributed by atoms with van der Waals surface area (Å²) in [4.78, 5) is 31.7. The van der Waals surface area contributed by atoms with Crippen molar-refractivity contribution < 1.29 is 14.3 Å². The minimum absolute atomic E-state index is 0.165. The van der Waals surface area contributed by atoms with E-state index < -0.39 is 0 Å². The number of nitrogens with zero attached hydrogens (tertiary/aromatic N) is 4. The zero-order valence-electron chi connectivity index (χ0n) is 18.7. The lowest BCUT2D eigenvalue weighted by molar-refractivity contribution is -0.133. The average molecular weight is 475 g/mol. The number of hydrogen-bond donors (Lipinski definition) is 0. The van der Waals surface area contributed by atoms with Crippen LogP contribution < -0.4 is 15.0 Å². The highest BCUT2D eigenvalue weighted by Gasteiger charge is 2.34. The molecule has 0 aliphatic carbocycles. The Bertz CT molecular complexity index is 1450. The number of rotatable bonds is 6. The Morgan fingerprint density at radius 2 is 1.91 bits per heavy atom. The lowest BCUT2D eigenvalue weighted by Gasteiger charge is -2.23. The van der Waals surface area contributed by atoms with Crippen LogP contribution in [-0.4, -0.2) is 40.4 Å². The van der Waals surface area contributed by atoms with Crippen molar-refractivity contribution in [1.29, 1.82) is 0 Å². The third kappa shape index (κ3) is 3.94. The molecule has 0 saturated heterocycles. The minimum atomic E-state index is -0.339. The molecule has 2 aromatic carbocycles. The number of methoxy groups -OCH3 is 2. The number of fused-ring (bicyclic) bond motifs is 1. The predicted molar refractivity (Wildman–Crippen MR) is 131 cm³/mol. The fourth-order valence-electron chi connectivity index (χ4n) is 4.09. The molecule has 3 heterocycles. The Labute approximate surface area is 199 Å². The number of thiophene rings is 1. The average Bonchev–Trinajstić information content (AvgIpc) is 3.56. The Balaban J connectivity index is 1.50. The van der Waals surface area contributed by atoms with Crippen molar-refractivity contribution in [2.75, 3.05) is 14.2 Å². The van der Waals surface area contributed by atoms with Gasteiger partial charge in [-0.15, -0.1) is 11.3 Å². The lowest BCUT2D eigenvalue weighted by Crippen LogP contribution is -2.34. The Morgan fingerprint density at radius 1 is 1.09 bits per heavy atom. The molecule has 4 aromatic rings. The highest BCUT2D eigenvalue weighted by Crippen LogP contribution is 2.38. The number of hydrazone groups is 1. The van der Waals surface area contributed by atoms with E-state index in [1.165, 1.54) is 15.9 Å². The van der Waals surface area contributed by atoms with Gasteiger partial charge < -0.3 is 9.47 Å². The Morgan fingerprint density at radius 3 is 2.68 bits per heavy atom. The molecule has 5 rings (SSSR count). The van der Waals surface area contributed by atoms with Gasteiger partial charge in [0.15, 0.2) is 11.5 Å². The molecular weight excluding hydrogens is 452 g/mol. The Hall–Kier alpha value is -3.98. The molecule has 1 aliphatic rings. The van der Waals surface area contributed by atoms with Crippen LogP contribution >= 0.6 is 11.3 Å². The maximum Gasteiger partial charge on any atom is 0.263 e. The van der Waals surface area contributed by atoms with Crippen LogP contribution in [0, 0.1) is 0 Å². The van der Waals surface area contributed by atoms with Crippen LogP contribution in [0.2, 0.25) is 0 Å². The van der Waals surface area contributed by atoms with Gasteiger partial charge in [-0.2, -0.15) is 5.10 Å². The molecule has 0 unspecified atom stereocenters. The first-order chi connectivity index (χ1) is 16.6. The topological polar surface area (TPSA) is 86.0 Å². The molecule has 9 heteroatoms. The molecule has 34 heavy (non-hydrogen) atoms. The number of aromatic nitrogens is 2. The van der Waals surface area contributed by atoms with E-state index >= 15 is 0 Å². The number of hydrogen-bond acceptors (Lipinski definition) is 7. The summed E-state index contributed by atoms with van der Waals surface area (Å²) in [7, 11) is 3.15. The van der Waals surface area contributed by atoms with E-state index in [1.54, 1.807) is 43.8 Å². The molecule has 0 bridgehead atoms. The first kappa shape index (κ1) is 21.8. The molecule has 8 nitrogen and oxygen atoms in total. The van der Waals surface area contributed by atoms with Crippen molar-refractivity contribution >= 4 is 33.9 Å². The van der Waals surface area contributed by atoms with Crippen molar-refractivity contribution in [3.05, 3.63) is 87.1 Å². The fourth-order valence-corrected chi connectivity index (χ4v) is 4.81. The van der Waals surface area contributed by atoms with Gasteiger partial charge in [-0.05, 0) is 41.3 Å². The van der Waals surface area contributed by atoms with E-state index in [4.69, 9.17) is 9.47 Å². The van der Waals surface area contributed by atoms with E-state index in [9.17, 15) is 9.59 Å². The summed E-state index contributed by atoms with van der Waals surface area (Å²) < 4.78 is 12.2. The van der Waals surface area contributed by atoms with Gasteiger partial charge in [0, 0.05) is 6.42 Å². The molecule has 2 aromatic heterocycles. The molecule has 1 atom stereocenters. The van der Waals surface area contributed by atoms with Gasteiger partial charge in [0.2, 0.25) is 0 Å². The summed E-state index contributed by atoms with van der Waals surface area (Å²) in [5.74, 6) is 0.882. The highest BCUT2D eigenvalue weighted by atomic mass is 32.1. The predicted octanol–water partition coefficient (Wildman–Crippen LogP) is 3.85. The minimum Gasteiger partial charge on any atom is -0.493 e. The largest absolute Gasteiger partial charge is 0.493 e. The Kier molecular flexibility index (Phi) is 5.85. The summed E-state index contributed by atoms with van der Waals surface area (Å²) in [6.45, 7) is -0.165. The number of amides is 1. The third-order valence-corrected chi connectivity index (χ3v) is 6.72. The molecule has 172 valence electrons. The maximum atomic E-state index is 13.5. The monoisotopic (exact) mass is 474 g/mol. The smallest absolute Gasteiger partial charge is 0.263 e. The summed E-state index contributed by atoms with van der Waals surface area (Å²) in [6, 6.07) is 16.3. The summed E-state index contributed by atoms with van der Waals surface area (Å²) >= 11 is 1.57. The molecular formula is C25H22N4O4S. The van der Waals surface area contributed by atoms with Gasteiger partial charge in [-0.25, -0.2) is 9.99 Å². The van der Waals surface area contributed by atoms with E-state index in [2.05, 4.69) is 10.1 Å². The normalized spacial score (nSPS) is 15.4. The van der Waals surface area contributed by atoms with Gasteiger partial charge in [-0.3, -0.25) is 14.2 Å². The van der Waals surface area contributed by atoms with E-state index in [-0.39, 0.29) is 24.1 Å². The second-order valence-corrected chi connectivity index (χ2v) is 8.74. The van der Waals surface area contributed by atoms with Crippen molar-refractivity contribution in [3.63, 3.8) is 0 Å². The number of ether oxygens (including phenoxy) is 2. The van der Waals surface area contributed by atoms with Gasteiger partial charge in [-0.1, -0.05) is 24.3 Å². The first-order valence-corrected chi connectivity index (χ1v) is 11.6. The van der Waals surface area contributed by atoms with E-state index in [0.717, 1.165) is 16.2 Å². The molecule has 1 amide bonds. The number of para-hydroxylation sites is 1. The van der Waals surface area contributed by atoms with Crippen LogP contribution in [0.1, 0.15) is 22.9 Å². The van der Waals surface area contributed by atoms with Gasteiger partial charge in [0.1, 0.15) is 6.54 Å². The van der Waals surface area contributed by atoms with Crippen LogP contribution in [0.25, 0.3) is 10.9 Å². The molecule has 1 aliphatic heterocycles. The van der Waals surface area contributed by atoms with Crippen molar-refractivity contribution in [2.45, 2.75) is 19.0 Å². The summed E-state index contributed by atoms with van der Waals surface area (Å²) in [5.41, 5.74) is 2.03. The number of carbonyl (C=O) groups is 1. The van der Waals surface area contributed by atoms with Crippen LogP contribution in [0.4, 0.5) is 0 Å². The highest BCUT2D eigenvalue weighted by molar-refractivity contribution is 7.12. The number of benzene rings is 2. The molecule has 0 N–H and O–H groups in total. The van der Waals surface area contributed by atoms with Crippen LogP contribution in [0.3, 0.4) is 0 Å². The first-order valence-electron chi connectivity index (χ1n) is 10.7. The molecule has 0 fully saturated rings. The molecule has 0 radical (unpaired) electrons. The standard InChI is InChI=1S/C25H22N4O4S/c1-32-21-10-9-16(12-22(21)33-2)20-13-19(23-8-5-11-34-23)27-29(20)24(30)14-28-15-26-18-7-4-3-6-17(18)25(28)31/h3-12,15,20H,13-14H2,1-2H3/t20-/m1/s1. The van der Waals surface area contributed by atoms with Gasteiger partial charge in [0.25, 0.3) is 11.5 Å². The molecule has 0 saturated carbocycles. The van der Waals surface area contributed by atoms with Crippen molar-refractivity contribution in [3.8, 4) is 11.5 Å². The zero-order valence-corrected chi connectivity index (χ0v) is 19.5. The third-order valence-electron chi connectivity index (χ3n) is 5.80.